The lowest BCUT2D eigenvalue weighted by atomic mass is 10.2. The number of hydrogen-bond donors (Lipinski definition) is 0. The first-order valence-electron chi connectivity index (χ1n) is 7.85. The van der Waals surface area contributed by atoms with Gasteiger partial charge in [0.2, 0.25) is 10.0 Å². The second kappa shape index (κ2) is 8.29. The number of rotatable bonds is 5. The van der Waals surface area contributed by atoms with E-state index in [4.69, 9.17) is 27.9 Å². The molecule has 0 amide bonds. The molecule has 1 saturated heterocycles. The van der Waals surface area contributed by atoms with Crippen LogP contribution in [-0.4, -0.2) is 31.6 Å². The average Bonchev–Trinajstić information content (AvgIpc) is 3.07. The van der Waals surface area contributed by atoms with Crippen LogP contribution in [0.3, 0.4) is 0 Å². The molecule has 0 radical (unpaired) electrons. The van der Waals surface area contributed by atoms with Gasteiger partial charge in [-0.1, -0.05) is 45.2 Å². The van der Waals surface area contributed by atoms with E-state index in [1.165, 1.54) is 16.1 Å². The minimum atomic E-state index is -3.77. The number of nitrogens with zero attached hydrogens (tertiary/aromatic N) is 1. The number of sulfonamides is 1. The van der Waals surface area contributed by atoms with E-state index >= 15 is 0 Å². The molecular weight excluding hydrogens is 481 g/mol. The molecule has 1 fully saturated rings. The maximum absolute atomic E-state index is 13.4. The lowest BCUT2D eigenvalue weighted by Gasteiger charge is -2.25. The fraction of sp³-hybridized carbons (Fsp3) is 0.294. The smallest absolute Gasteiger partial charge is 0.248 e. The van der Waals surface area contributed by atoms with Crippen molar-refractivity contribution in [3.05, 3.63) is 56.5 Å². The summed E-state index contributed by atoms with van der Waals surface area (Å²) in [5.41, 5.74) is 0.732. The van der Waals surface area contributed by atoms with Crippen molar-refractivity contribution in [2.75, 3.05) is 18.9 Å². The van der Waals surface area contributed by atoms with E-state index in [0.717, 1.165) is 5.56 Å². The van der Waals surface area contributed by atoms with Crippen molar-refractivity contribution < 1.29 is 13.2 Å². The third kappa shape index (κ3) is 4.03. The molecule has 4 nitrogen and oxygen atoms in total. The molecule has 0 saturated carbocycles. The maximum atomic E-state index is 13.4. The molecule has 1 atom stereocenters. The molecule has 1 unspecified atom stereocenters. The molecule has 9 heteroatoms. The molecule has 0 N–H and O–H groups in total. The summed E-state index contributed by atoms with van der Waals surface area (Å²) < 4.78 is 34.5. The van der Waals surface area contributed by atoms with Crippen molar-refractivity contribution in [3.8, 4) is 5.75 Å². The van der Waals surface area contributed by atoms with E-state index in [9.17, 15) is 8.42 Å². The SMILES string of the molecule is CCOc1ccc(Br)cc1S(=O)(=O)N1CCSC1c1ccc(Cl)cc1Cl. The Morgan fingerprint density at radius 1 is 1.27 bits per heavy atom. The largest absolute Gasteiger partial charge is 0.492 e. The molecule has 3 rings (SSSR count). The van der Waals surface area contributed by atoms with Gasteiger partial charge in [0, 0.05) is 26.8 Å². The van der Waals surface area contributed by atoms with Gasteiger partial charge in [-0.15, -0.1) is 11.8 Å². The quantitative estimate of drug-likeness (QED) is 0.541. The molecule has 0 spiro atoms. The second-order valence-corrected chi connectivity index (χ2v) is 10.3. The predicted octanol–water partition coefficient (Wildman–Crippen LogP) is 5.59. The van der Waals surface area contributed by atoms with E-state index in [0.29, 0.717) is 39.2 Å². The standard InChI is InChI=1S/C17H16BrCl2NO3S2/c1-2-24-15-6-3-11(18)9-16(15)26(22,23)21-7-8-25-17(21)13-5-4-12(19)10-14(13)20/h3-6,9-10,17H,2,7-8H2,1H3. The van der Waals surface area contributed by atoms with Crippen LogP contribution in [-0.2, 0) is 10.0 Å². The summed E-state index contributed by atoms with van der Waals surface area (Å²) in [6.45, 7) is 2.60. The van der Waals surface area contributed by atoms with Crippen molar-refractivity contribution in [1.82, 2.24) is 4.31 Å². The van der Waals surface area contributed by atoms with Gasteiger partial charge in [-0.25, -0.2) is 8.42 Å². The zero-order valence-electron chi connectivity index (χ0n) is 13.8. The molecule has 2 aromatic rings. The predicted molar refractivity (Wildman–Crippen MR) is 111 cm³/mol. The van der Waals surface area contributed by atoms with Crippen molar-refractivity contribution >= 4 is 60.9 Å². The topological polar surface area (TPSA) is 46.6 Å². The van der Waals surface area contributed by atoms with Crippen LogP contribution < -0.4 is 4.74 Å². The Kier molecular flexibility index (Phi) is 6.47. The van der Waals surface area contributed by atoms with Crippen LogP contribution in [0.25, 0.3) is 0 Å². The summed E-state index contributed by atoms with van der Waals surface area (Å²) in [6.07, 6.45) is 0. The Balaban J connectivity index is 2.05. The highest BCUT2D eigenvalue weighted by molar-refractivity contribution is 9.10. The van der Waals surface area contributed by atoms with Gasteiger partial charge < -0.3 is 4.74 Å². The second-order valence-electron chi connectivity index (χ2n) is 5.53. The van der Waals surface area contributed by atoms with E-state index in [1.54, 1.807) is 36.4 Å². The Morgan fingerprint density at radius 3 is 2.73 bits per heavy atom. The molecular formula is C17H16BrCl2NO3S2. The first kappa shape index (κ1) is 20.3. The van der Waals surface area contributed by atoms with Crippen molar-refractivity contribution in [2.24, 2.45) is 0 Å². The van der Waals surface area contributed by atoms with E-state index in [1.807, 2.05) is 6.92 Å². The molecule has 0 aliphatic carbocycles. The van der Waals surface area contributed by atoms with Crippen molar-refractivity contribution in [2.45, 2.75) is 17.2 Å². The van der Waals surface area contributed by atoms with Gasteiger partial charge in [-0.05, 0) is 42.8 Å². The average molecular weight is 497 g/mol. The van der Waals surface area contributed by atoms with E-state index < -0.39 is 15.4 Å². The van der Waals surface area contributed by atoms with Gasteiger partial charge in [0.25, 0.3) is 0 Å². The van der Waals surface area contributed by atoms with Gasteiger partial charge >= 0.3 is 0 Å². The number of benzene rings is 2. The lowest BCUT2D eigenvalue weighted by molar-refractivity contribution is 0.329. The Hall–Kier alpha value is -0.440. The maximum Gasteiger partial charge on any atom is 0.248 e. The van der Waals surface area contributed by atoms with Gasteiger partial charge in [-0.2, -0.15) is 4.31 Å². The highest BCUT2D eigenvalue weighted by Crippen LogP contribution is 2.45. The highest BCUT2D eigenvalue weighted by atomic mass is 79.9. The van der Waals surface area contributed by atoms with Crippen LogP contribution in [0.4, 0.5) is 0 Å². The minimum Gasteiger partial charge on any atom is -0.492 e. The molecule has 1 heterocycles. The third-order valence-electron chi connectivity index (χ3n) is 3.87. The lowest BCUT2D eigenvalue weighted by Crippen LogP contribution is -2.31. The molecule has 0 bridgehead atoms. The zero-order chi connectivity index (χ0) is 18.9. The monoisotopic (exact) mass is 495 g/mol. The third-order valence-corrected chi connectivity index (χ3v) is 8.19. The van der Waals surface area contributed by atoms with E-state index in [-0.39, 0.29) is 4.90 Å². The fourth-order valence-corrected chi connectivity index (χ4v) is 7.25. The Labute approximate surface area is 176 Å². The summed E-state index contributed by atoms with van der Waals surface area (Å²) in [7, 11) is -3.77. The van der Waals surface area contributed by atoms with Crippen molar-refractivity contribution in [1.29, 1.82) is 0 Å². The molecule has 1 aliphatic rings. The molecule has 2 aromatic carbocycles. The van der Waals surface area contributed by atoms with Crippen LogP contribution in [0.1, 0.15) is 17.9 Å². The van der Waals surface area contributed by atoms with Crippen LogP contribution in [0, 0.1) is 0 Å². The first-order chi connectivity index (χ1) is 12.3. The molecule has 1 aliphatic heterocycles. The van der Waals surface area contributed by atoms with E-state index in [2.05, 4.69) is 15.9 Å². The summed E-state index contributed by atoms with van der Waals surface area (Å²) in [5.74, 6) is 1.02. The van der Waals surface area contributed by atoms with Crippen LogP contribution in [0.5, 0.6) is 5.75 Å². The zero-order valence-corrected chi connectivity index (χ0v) is 18.5. The van der Waals surface area contributed by atoms with Gasteiger partial charge in [0.1, 0.15) is 10.6 Å². The highest BCUT2D eigenvalue weighted by Gasteiger charge is 2.39. The summed E-state index contributed by atoms with van der Waals surface area (Å²) >= 11 is 17.2. The minimum absolute atomic E-state index is 0.145. The Bertz CT molecular complexity index is 924. The summed E-state index contributed by atoms with van der Waals surface area (Å²) in [4.78, 5) is 0.145. The van der Waals surface area contributed by atoms with Crippen LogP contribution >= 0.6 is 50.9 Å². The van der Waals surface area contributed by atoms with Gasteiger partial charge in [0.15, 0.2) is 0 Å². The number of halogens is 3. The first-order valence-corrected chi connectivity index (χ1v) is 11.9. The van der Waals surface area contributed by atoms with Crippen molar-refractivity contribution in [3.63, 3.8) is 0 Å². The van der Waals surface area contributed by atoms with Gasteiger partial charge in [0.05, 0.1) is 12.0 Å². The summed E-state index contributed by atoms with van der Waals surface area (Å²) in [6, 6.07) is 10.1. The molecule has 0 aromatic heterocycles. The number of ether oxygens (including phenoxy) is 1. The Morgan fingerprint density at radius 2 is 2.04 bits per heavy atom. The number of thioether (sulfide) groups is 1. The number of hydrogen-bond acceptors (Lipinski definition) is 4. The summed E-state index contributed by atoms with van der Waals surface area (Å²) in [5, 5.41) is 0.566. The fourth-order valence-electron chi connectivity index (χ4n) is 2.73. The molecule has 26 heavy (non-hydrogen) atoms. The molecule has 140 valence electrons. The van der Waals surface area contributed by atoms with Crippen LogP contribution in [0.15, 0.2) is 45.8 Å². The normalized spacial score (nSPS) is 18.2. The van der Waals surface area contributed by atoms with Gasteiger partial charge in [-0.3, -0.25) is 0 Å². The van der Waals surface area contributed by atoms with Crippen LogP contribution in [0.2, 0.25) is 10.0 Å².